The molecule has 4 aromatic rings. The molecule has 1 aromatic heterocycles. The van der Waals surface area contributed by atoms with Crippen LogP contribution in [0.3, 0.4) is 0 Å². The molecule has 35 heavy (non-hydrogen) atoms. The van der Waals surface area contributed by atoms with Crippen molar-refractivity contribution < 1.29 is 9.53 Å². The summed E-state index contributed by atoms with van der Waals surface area (Å²) in [5.41, 5.74) is 4.58. The first-order valence-corrected chi connectivity index (χ1v) is 12.3. The number of rotatable bonds is 6. The number of hydrogen-bond donors (Lipinski definition) is 2. The molecule has 3 aromatic carbocycles. The quantitative estimate of drug-likeness (QED) is 0.413. The van der Waals surface area contributed by atoms with Crippen molar-refractivity contribution in [3.8, 4) is 5.75 Å². The molecular formula is C29H30N4O2. The molecule has 6 rings (SSSR count). The van der Waals surface area contributed by atoms with Gasteiger partial charge in [-0.1, -0.05) is 30.3 Å². The summed E-state index contributed by atoms with van der Waals surface area (Å²) in [6.45, 7) is 3.94. The molecule has 2 aliphatic heterocycles. The molecule has 2 atom stereocenters. The van der Waals surface area contributed by atoms with Crippen molar-refractivity contribution in [2.24, 2.45) is 5.92 Å². The van der Waals surface area contributed by atoms with Gasteiger partial charge < -0.3 is 24.8 Å². The van der Waals surface area contributed by atoms with E-state index in [9.17, 15) is 4.79 Å². The summed E-state index contributed by atoms with van der Waals surface area (Å²) in [5, 5.41) is 3.97. The summed E-state index contributed by atoms with van der Waals surface area (Å²) in [6, 6.07) is 26.6. The molecule has 6 heteroatoms. The van der Waals surface area contributed by atoms with Crippen LogP contribution in [0.25, 0.3) is 10.9 Å². The third kappa shape index (κ3) is 4.49. The fraction of sp³-hybridized carbons (Fsp3) is 0.276. The number of benzene rings is 3. The molecule has 0 unspecified atom stereocenters. The summed E-state index contributed by atoms with van der Waals surface area (Å²) >= 11 is 0. The maximum Gasteiger partial charge on any atom is 0.272 e. The molecule has 2 saturated heterocycles. The molecule has 2 fully saturated rings. The monoisotopic (exact) mass is 466 g/mol. The van der Waals surface area contributed by atoms with Crippen LogP contribution in [0.2, 0.25) is 0 Å². The van der Waals surface area contributed by atoms with Crippen LogP contribution in [0, 0.1) is 5.92 Å². The van der Waals surface area contributed by atoms with Crippen LogP contribution in [0.5, 0.6) is 5.75 Å². The Labute approximate surface area is 205 Å². The van der Waals surface area contributed by atoms with Crippen LogP contribution in [-0.4, -0.2) is 48.5 Å². The van der Waals surface area contributed by atoms with E-state index >= 15 is 0 Å². The Hall–Kier alpha value is -3.77. The minimum absolute atomic E-state index is 0.153. The second kappa shape index (κ2) is 9.12. The van der Waals surface area contributed by atoms with Crippen molar-refractivity contribution in [1.29, 1.82) is 0 Å². The third-order valence-electron chi connectivity index (χ3n) is 7.27. The Kier molecular flexibility index (Phi) is 5.66. The molecule has 3 heterocycles. The summed E-state index contributed by atoms with van der Waals surface area (Å²) in [5.74, 6) is 1.39. The van der Waals surface area contributed by atoms with Gasteiger partial charge in [-0.3, -0.25) is 4.79 Å². The fourth-order valence-electron chi connectivity index (χ4n) is 5.49. The molecule has 0 bridgehead atoms. The molecule has 0 aliphatic carbocycles. The van der Waals surface area contributed by atoms with Crippen molar-refractivity contribution >= 4 is 28.2 Å². The number of amides is 1. The number of ether oxygens (including phenoxy) is 1. The molecule has 2 N–H and O–H groups in total. The predicted octanol–water partition coefficient (Wildman–Crippen LogP) is 5.14. The molecule has 2 aliphatic rings. The Bertz CT molecular complexity index is 1330. The van der Waals surface area contributed by atoms with Crippen molar-refractivity contribution in [3.05, 3.63) is 90.1 Å². The number of aromatic nitrogens is 1. The highest BCUT2D eigenvalue weighted by atomic mass is 16.5. The Balaban J connectivity index is 1.11. The molecule has 0 spiro atoms. The normalized spacial score (nSPS) is 19.7. The average molecular weight is 467 g/mol. The topological polar surface area (TPSA) is 60.6 Å². The molecule has 1 amide bonds. The standard InChI is InChI=1S/C29H30N4O2/c1-32-17-21-13-14-33(28(21)18-32)24-9-7-23(8-10-24)30-29(34)27-16-22-15-25(11-12-26(22)31-27)35-19-20-5-3-2-4-6-20/h2-12,15-16,21,28,31H,13-14,17-19H2,1H3,(H,30,34)/t21-,28+/m0/s1. The largest absolute Gasteiger partial charge is 0.489 e. The summed E-state index contributed by atoms with van der Waals surface area (Å²) in [4.78, 5) is 21.1. The van der Waals surface area contributed by atoms with E-state index in [0.717, 1.165) is 46.9 Å². The van der Waals surface area contributed by atoms with Crippen LogP contribution in [0.1, 0.15) is 22.5 Å². The number of hydrogen-bond acceptors (Lipinski definition) is 4. The van der Waals surface area contributed by atoms with E-state index in [1.165, 1.54) is 18.7 Å². The molecule has 6 nitrogen and oxygen atoms in total. The number of nitrogens with one attached hydrogen (secondary N) is 2. The van der Waals surface area contributed by atoms with Gasteiger partial charge in [-0.2, -0.15) is 0 Å². The minimum Gasteiger partial charge on any atom is -0.489 e. The highest BCUT2D eigenvalue weighted by Gasteiger charge is 2.39. The van der Waals surface area contributed by atoms with E-state index in [1.807, 2.05) is 66.7 Å². The third-order valence-corrected chi connectivity index (χ3v) is 7.27. The Morgan fingerprint density at radius 2 is 1.86 bits per heavy atom. The average Bonchev–Trinajstić information content (AvgIpc) is 3.57. The highest BCUT2D eigenvalue weighted by Crippen LogP contribution is 2.35. The van der Waals surface area contributed by atoms with Gasteiger partial charge in [0, 0.05) is 48.0 Å². The zero-order valence-corrected chi connectivity index (χ0v) is 19.9. The van der Waals surface area contributed by atoms with Gasteiger partial charge in [0.15, 0.2) is 0 Å². The van der Waals surface area contributed by atoms with E-state index in [0.29, 0.717) is 18.3 Å². The van der Waals surface area contributed by atoms with Crippen LogP contribution in [0.4, 0.5) is 11.4 Å². The lowest BCUT2D eigenvalue weighted by Gasteiger charge is -2.26. The first-order chi connectivity index (χ1) is 17.1. The first-order valence-electron chi connectivity index (χ1n) is 12.3. The minimum atomic E-state index is -0.153. The number of carbonyl (C=O) groups is 1. The van der Waals surface area contributed by atoms with Gasteiger partial charge in [-0.05, 0) is 73.5 Å². The SMILES string of the molecule is CN1C[C@@H]2CCN(c3ccc(NC(=O)c4cc5cc(OCc6ccccc6)ccc5[nH]4)cc3)[C@@H]2C1. The number of likely N-dealkylation sites (N-methyl/N-ethyl adjacent to an activating group) is 1. The number of nitrogens with zero attached hydrogens (tertiary/aromatic N) is 2. The number of carbonyl (C=O) groups excluding carboxylic acids is 1. The van der Waals surface area contributed by atoms with E-state index in [2.05, 4.69) is 39.3 Å². The Morgan fingerprint density at radius 1 is 1.03 bits per heavy atom. The molecular weight excluding hydrogens is 436 g/mol. The summed E-state index contributed by atoms with van der Waals surface area (Å²) < 4.78 is 5.93. The Morgan fingerprint density at radius 3 is 2.69 bits per heavy atom. The van der Waals surface area contributed by atoms with E-state index < -0.39 is 0 Å². The van der Waals surface area contributed by atoms with Crippen LogP contribution in [-0.2, 0) is 6.61 Å². The van der Waals surface area contributed by atoms with Crippen molar-refractivity contribution in [2.75, 3.05) is 36.9 Å². The van der Waals surface area contributed by atoms with Gasteiger partial charge in [0.1, 0.15) is 18.1 Å². The lowest BCUT2D eigenvalue weighted by Crippen LogP contribution is -2.34. The van der Waals surface area contributed by atoms with Crippen LogP contribution < -0.4 is 15.0 Å². The lowest BCUT2D eigenvalue weighted by molar-refractivity contribution is 0.102. The zero-order valence-electron chi connectivity index (χ0n) is 19.9. The van der Waals surface area contributed by atoms with Gasteiger partial charge in [0.2, 0.25) is 0 Å². The molecule has 0 radical (unpaired) electrons. The van der Waals surface area contributed by atoms with Crippen LogP contribution in [0.15, 0.2) is 78.9 Å². The number of fused-ring (bicyclic) bond motifs is 2. The number of H-pyrrole nitrogens is 1. The van der Waals surface area contributed by atoms with Gasteiger partial charge in [-0.25, -0.2) is 0 Å². The van der Waals surface area contributed by atoms with Gasteiger partial charge in [-0.15, -0.1) is 0 Å². The van der Waals surface area contributed by atoms with Gasteiger partial charge >= 0.3 is 0 Å². The number of anilines is 2. The van der Waals surface area contributed by atoms with E-state index in [4.69, 9.17) is 4.74 Å². The first kappa shape index (κ1) is 21.7. The zero-order chi connectivity index (χ0) is 23.8. The molecule has 178 valence electrons. The number of likely N-dealkylation sites (tertiary alicyclic amines) is 1. The smallest absolute Gasteiger partial charge is 0.272 e. The molecule has 0 saturated carbocycles. The highest BCUT2D eigenvalue weighted by molar-refractivity contribution is 6.06. The van der Waals surface area contributed by atoms with Gasteiger partial charge in [0.25, 0.3) is 5.91 Å². The van der Waals surface area contributed by atoms with Crippen molar-refractivity contribution in [3.63, 3.8) is 0 Å². The summed E-state index contributed by atoms with van der Waals surface area (Å²) in [6.07, 6.45) is 1.26. The van der Waals surface area contributed by atoms with Gasteiger partial charge in [0.05, 0.1) is 0 Å². The van der Waals surface area contributed by atoms with Crippen molar-refractivity contribution in [1.82, 2.24) is 9.88 Å². The van der Waals surface area contributed by atoms with Crippen LogP contribution >= 0.6 is 0 Å². The predicted molar refractivity (Wildman–Crippen MR) is 140 cm³/mol. The van der Waals surface area contributed by atoms with E-state index in [-0.39, 0.29) is 5.91 Å². The lowest BCUT2D eigenvalue weighted by atomic mass is 10.0. The maximum absolute atomic E-state index is 12.9. The fourth-order valence-corrected chi connectivity index (χ4v) is 5.49. The second-order valence-electron chi connectivity index (χ2n) is 9.74. The van der Waals surface area contributed by atoms with Crippen molar-refractivity contribution in [2.45, 2.75) is 19.1 Å². The second-order valence-corrected chi connectivity index (χ2v) is 9.74. The van der Waals surface area contributed by atoms with E-state index in [1.54, 1.807) is 0 Å². The maximum atomic E-state index is 12.9. The number of aromatic amines is 1. The summed E-state index contributed by atoms with van der Waals surface area (Å²) in [7, 11) is 2.21.